The second-order valence-electron chi connectivity index (χ2n) is 8.38. The summed E-state index contributed by atoms with van der Waals surface area (Å²) in [7, 11) is 0. The van der Waals surface area contributed by atoms with Crippen LogP contribution >= 0.6 is 0 Å². The van der Waals surface area contributed by atoms with Crippen molar-refractivity contribution in [2.24, 2.45) is 4.99 Å². The SMILES string of the molecule is CCNC(=NCc1cc(C(C)C)no1)NCC1(c2ccc3c(c2)OCO3)CCOCC1. The number of rotatable bonds is 7. The average molecular weight is 429 g/mol. The van der Waals surface area contributed by atoms with Gasteiger partial charge in [-0.25, -0.2) is 4.99 Å². The van der Waals surface area contributed by atoms with E-state index in [1.54, 1.807) is 0 Å². The molecule has 8 nitrogen and oxygen atoms in total. The zero-order valence-corrected chi connectivity index (χ0v) is 18.6. The molecule has 2 N–H and O–H groups in total. The first-order valence-corrected chi connectivity index (χ1v) is 11.1. The number of nitrogens with one attached hydrogen (secondary N) is 2. The van der Waals surface area contributed by atoms with Gasteiger partial charge in [0.1, 0.15) is 6.54 Å². The van der Waals surface area contributed by atoms with E-state index < -0.39 is 0 Å². The standard InChI is InChI=1S/C23H32N4O4/c1-4-24-22(25-13-18-12-19(16(2)3)27-31-18)26-14-23(7-9-28-10-8-23)17-5-6-20-21(11-17)30-15-29-20/h5-6,11-12,16H,4,7-10,13-15H2,1-3H3,(H2,24,25,26). The second kappa shape index (κ2) is 9.60. The van der Waals surface area contributed by atoms with Crippen molar-refractivity contribution in [3.05, 3.63) is 41.3 Å². The minimum Gasteiger partial charge on any atom is -0.454 e. The van der Waals surface area contributed by atoms with E-state index in [0.717, 1.165) is 68.1 Å². The lowest BCUT2D eigenvalue weighted by atomic mass is 9.74. The van der Waals surface area contributed by atoms with Crippen LogP contribution in [-0.2, 0) is 16.7 Å². The molecule has 0 saturated carbocycles. The number of aromatic nitrogens is 1. The molecule has 0 amide bonds. The number of hydrogen-bond donors (Lipinski definition) is 2. The van der Waals surface area contributed by atoms with E-state index in [-0.39, 0.29) is 12.2 Å². The first kappa shape index (κ1) is 21.5. The van der Waals surface area contributed by atoms with Crippen LogP contribution in [0.15, 0.2) is 33.8 Å². The fourth-order valence-electron chi connectivity index (χ4n) is 3.98. The van der Waals surface area contributed by atoms with Crippen LogP contribution in [0.4, 0.5) is 0 Å². The zero-order valence-electron chi connectivity index (χ0n) is 18.6. The quantitative estimate of drug-likeness (QED) is 0.516. The van der Waals surface area contributed by atoms with Crippen molar-refractivity contribution in [1.82, 2.24) is 15.8 Å². The first-order chi connectivity index (χ1) is 15.1. The van der Waals surface area contributed by atoms with Gasteiger partial charge in [-0.05, 0) is 43.4 Å². The van der Waals surface area contributed by atoms with Gasteiger partial charge in [0, 0.05) is 37.8 Å². The van der Waals surface area contributed by atoms with E-state index in [0.29, 0.717) is 12.5 Å². The molecule has 1 saturated heterocycles. The third kappa shape index (κ3) is 4.95. The van der Waals surface area contributed by atoms with Crippen LogP contribution in [0.5, 0.6) is 11.5 Å². The Labute approximate surface area is 183 Å². The van der Waals surface area contributed by atoms with Crippen molar-refractivity contribution in [2.75, 3.05) is 33.1 Å². The van der Waals surface area contributed by atoms with Crippen molar-refractivity contribution in [3.8, 4) is 11.5 Å². The van der Waals surface area contributed by atoms with E-state index in [4.69, 9.17) is 23.7 Å². The summed E-state index contributed by atoms with van der Waals surface area (Å²) in [6.45, 7) is 9.97. The maximum absolute atomic E-state index is 5.67. The minimum atomic E-state index is -0.0630. The topological polar surface area (TPSA) is 90.1 Å². The van der Waals surface area contributed by atoms with Crippen LogP contribution in [0.25, 0.3) is 0 Å². The van der Waals surface area contributed by atoms with E-state index in [1.807, 2.05) is 12.1 Å². The molecule has 0 radical (unpaired) electrons. The largest absolute Gasteiger partial charge is 0.454 e. The van der Waals surface area contributed by atoms with Gasteiger partial charge in [-0.3, -0.25) is 0 Å². The van der Waals surface area contributed by atoms with Crippen molar-refractivity contribution in [2.45, 2.75) is 51.5 Å². The molecule has 2 aliphatic rings. The van der Waals surface area contributed by atoms with Crippen LogP contribution in [0.3, 0.4) is 0 Å². The Kier molecular flexibility index (Phi) is 6.65. The summed E-state index contributed by atoms with van der Waals surface area (Å²) in [5, 5.41) is 11.0. The lowest BCUT2D eigenvalue weighted by molar-refractivity contribution is 0.0513. The Balaban J connectivity index is 1.49. The molecule has 0 unspecified atom stereocenters. The molecule has 0 spiro atoms. The third-order valence-electron chi connectivity index (χ3n) is 5.94. The Hall–Kier alpha value is -2.74. The summed E-state index contributed by atoms with van der Waals surface area (Å²) in [5.41, 5.74) is 2.12. The molecule has 8 heteroatoms. The van der Waals surface area contributed by atoms with Gasteiger partial charge in [-0.2, -0.15) is 0 Å². The number of fused-ring (bicyclic) bond motifs is 1. The summed E-state index contributed by atoms with van der Waals surface area (Å²) in [5.74, 6) is 3.48. The van der Waals surface area contributed by atoms with Gasteiger partial charge >= 0.3 is 0 Å². The molecule has 31 heavy (non-hydrogen) atoms. The Bertz CT molecular complexity index is 903. The molecular formula is C23H32N4O4. The van der Waals surface area contributed by atoms with Crippen molar-refractivity contribution in [1.29, 1.82) is 0 Å². The molecule has 1 aromatic carbocycles. The zero-order chi connectivity index (χ0) is 21.7. The van der Waals surface area contributed by atoms with Gasteiger partial charge < -0.3 is 29.4 Å². The van der Waals surface area contributed by atoms with Crippen LogP contribution in [0, 0.1) is 0 Å². The van der Waals surface area contributed by atoms with Gasteiger partial charge in [-0.1, -0.05) is 25.1 Å². The Morgan fingerprint density at radius 2 is 1.94 bits per heavy atom. The predicted molar refractivity (Wildman–Crippen MR) is 118 cm³/mol. The highest BCUT2D eigenvalue weighted by Gasteiger charge is 2.36. The molecular weight excluding hydrogens is 396 g/mol. The van der Waals surface area contributed by atoms with E-state index in [1.165, 1.54) is 5.56 Å². The molecule has 4 rings (SSSR count). The lowest BCUT2D eigenvalue weighted by Crippen LogP contribution is -2.48. The fourth-order valence-corrected chi connectivity index (χ4v) is 3.98. The molecule has 2 aromatic rings. The van der Waals surface area contributed by atoms with Gasteiger partial charge in [0.25, 0.3) is 0 Å². The monoisotopic (exact) mass is 428 g/mol. The van der Waals surface area contributed by atoms with Crippen molar-refractivity contribution < 1.29 is 18.7 Å². The van der Waals surface area contributed by atoms with Crippen LogP contribution in [-0.4, -0.2) is 44.2 Å². The van der Waals surface area contributed by atoms with Gasteiger partial charge in [0.15, 0.2) is 23.2 Å². The number of aliphatic imine (C=N–C) groups is 1. The smallest absolute Gasteiger partial charge is 0.231 e. The summed E-state index contributed by atoms with van der Waals surface area (Å²) in [4.78, 5) is 4.71. The Morgan fingerprint density at radius 3 is 2.68 bits per heavy atom. The third-order valence-corrected chi connectivity index (χ3v) is 5.94. The number of hydrogen-bond acceptors (Lipinski definition) is 6. The van der Waals surface area contributed by atoms with Crippen molar-refractivity contribution in [3.63, 3.8) is 0 Å². The van der Waals surface area contributed by atoms with Crippen LogP contribution in [0.2, 0.25) is 0 Å². The second-order valence-corrected chi connectivity index (χ2v) is 8.38. The highest BCUT2D eigenvalue weighted by Crippen LogP contribution is 2.40. The summed E-state index contributed by atoms with van der Waals surface area (Å²) >= 11 is 0. The molecule has 0 bridgehead atoms. The highest BCUT2D eigenvalue weighted by molar-refractivity contribution is 5.79. The summed E-state index contributed by atoms with van der Waals surface area (Å²) in [6, 6.07) is 8.24. The number of benzene rings is 1. The Morgan fingerprint density at radius 1 is 1.13 bits per heavy atom. The first-order valence-electron chi connectivity index (χ1n) is 11.1. The van der Waals surface area contributed by atoms with Gasteiger partial charge in [0.2, 0.25) is 6.79 Å². The molecule has 1 aromatic heterocycles. The lowest BCUT2D eigenvalue weighted by Gasteiger charge is -2.38. The fraction of sp³-hybridized carbons (Fsp3) is 0.565. The molecule has 1 fully saturated rings. The van der Waals surface area contributed by atoms with Crippen molar-refractivity contribution >= 4 is 5.96 Å². The highest BCUT2D eigenvalue weighted by atomic mass is 16.7. The summed E-state index contributed by atoms with van der Waals surface area (Å²) in [6.07, 6.45) is 1.86. The predicted octanol–water partition coefficient (Wildman–Crippen LogP) is 3.33. The van der Waals surface area contributed by atoms with Gasteiger partial charge in [0.05, 0.1) is 5.69 Å². The van der Waals surface area contributed by atoms with E-state index in [9.17, 15) is 0 Å². The minimum absolute atomic E-state index is 0.0630. The normalized spacial score (nSPS) is 17.7. The molecule has 0 aliphatic carbocycles. The van der Waals surface area contributed by atoms with Crippen LogP contribution < -0.4 is 20.1 Å². The molecule has 0 atom stereocenters. The number of ether oxygens (including phenoxy) is 3. The average Bonchev–Trinajstić information content (AvgIpc) is 3.45. The number of guanidine groups is 1. The van der Waals surface area contributed by atoms with Gasteiger partial charge in [-0.15, -0.1) is 0 Å². The van der Waals surface area contributed by atoms with E-state index >= 15 is 0 Å². The molecule has 168 valence electrons. The molecule has 3 heterocycles. The van der Waals surface area contributed by atoms with Crippen LogP contribution in [0.1, 0.15) is 56.5 Å². The number of nitrogens with zero attached hydrogens (tertiary/aromatic N) is 2. The maximum Gasteiger partial charge on any atom is 0.231 e. The molecule has 2 aliphatic heterocycles. The maximum atomic E-state index is 5.67. The van der Waals surface area contributed by atoms with E-state index in [2.05, 4.69) is 48.7 Å². The summed E-state index contributed by atoms with van der Waals surface area (Å²) < 4.78 is 22.2.